The number of hydrogen-bond acceptors (Lipinski definition) is 4. The molecule has 1 aliphatic heterocycles. The number of sulfone groups is 1. The third kappa shape index (κ3) is 4.47. The Bertz CT molecular complexity index is 587. The van der Waals surface area contributed by atoms with Crippen molar-refractivity contribution in [1.29, 1.82) is 0 Å². The lowest BCUT2D eigenvalue weighted by atomic mass is 10.1. The van der Waals surface area contributed by atoms with Gasteiger partial charge in [0, 0.05) is 34.0 Å². The van der Waals surface area contributed by atoms with Crippen molar-refractivity contribution in [2.24, 2.45) is 5.92 Å². The Labute approximate surface area is 117 Å². The third-order valence-electron chi connectivity index (χ3n) is 2.94. The predicted molar refractivity (Wildman–Crippen MR) is 76.8 cm³/mol. The second-order valence-corrected chi connectivity index (χ2v) is 8.04. The fourth-order valence-electron chi connectivity index (χ4n) is 2.02. The molecule has 2 heterocycles. The van der Waals surface area contributed by atoms with Gasteiger partial charge in [0.1, 0.15) is 0 Å². The highest BCUT2D eigenvalue weighted by molar-refractivity contribution is 7.94. The van der Waals surface area contributed by atoms with Gasteiger partial charge in [0.25, 0.3) is 0 Å². The molecular weight excluding hydrogens is 282 g/mol. The van der Waals surface area contributed by atoms with E-state index in [9.17, 15) is 13.2 Å². The fourth-order valence-corrected chi connectivity index (χ4v) is 4.31. The van der Waals surface area contributed by atoms with Gasteiger partial charge in [0.2, 0.25) is 5.91 Å². The zero-order chi connectivity index (χ0) is 13.9. The number of amides is 1. The van der Waals surface area contributed by atoms with Crippen molar-refractivity contribution in [3.05, 3.63) is 33.4 Å². The van der Waals surface area contributed by atoms with Crippen molar-refractivity contribution >= 4 is 27.1 Å². The third-order valence-corrected chi connectivity index (χ3v) is 5.47. The van der Waals surface area contributed by atoms with Gasteiger partial charge in [0.15, 0.2) is 9.84 Å². The summed E-state index contributed by atoms with van der Waals surface area (Å²) in [5.41, 5.74) is 0. The van der Waals surface area contributed by atoms with Crippen LogP contribution in [-0.2, 0) is 21.1 Å². The zero-order valence-corrected chi connectivity index (χ0v) is 12.4. The number of allylic oxidation sites excluding steroid dienone is 1. The number of carbonyl (C=O) groups excluding carboxylic acids is 1. The minimum absolute atomic E-state index is 0.0601. The molecule has 1 N–H and O–H groups in total. The molecule has 1 amide bonds. The van der Waals surface area contributed by atoms with Crippen molar-refractivity contribution in [1.82, 2.24) is 5.32 Å². The molecule has 104 valence electrons. The van der Waals surface area contributed by atoms with E-state index >= 15 is 0 Å². The summed E-state index contributed by atoms with van der Waals surface area (Å²) in [5, 5.41) is 4.04. The number of carbonyl (C=O) groups is 1. The summed E-state index contributed by atoms with van der Waals surface area (Å²) < 4.78 is 22.4. The Morgan fingerprint density at radius 3 is 2.84 bits per heavy atom. The van der Waals surface area contributed by atoms with Gasteiger partial charge < -0.3 is 5.32 Å². The molecule has 0 unspecified atom stereocenters. The monoisotopic (exact) mass is 299 g/mol. The second-order valence-electron chi connectivity index (χ2n) is 4.73. The molecule has 2 rings (SSSR count). The molecule has 0 saturated carbocycles. The van der Waals surface area contributed by atoms with Crippen LogP contribution in [0.4, 0.5) is 0 Å². The summed E-state index contributed by atoms with van der Waals surface area (Å²) in [7, 11) is -3.06. The first-order chi connectivity index (χ1) is 8.94. The van der Waals surface area contributed by atoms with Gasteiger partial charge in [-0.25, -0.2) is 8.42 Å². The van der Waals surface area contributed by atoms with Crippen LogP contribution in [0.3, 0.4) is 0 Å². The molecule has 4 nitrogen and oxygen atoms in total. The minimum Gasteiger partial charge on any atom is -0.356 e. The van der Waals surface area contributed by atoms with E-state index in [0.29, 0.717) is 6.54 Å². The molecule has 0 radical (unpaired) electrons. The van der Waals surface area contributed by atoms with E-state index in [2.05, 4.69) is 24.4 Å². The Balaban J connectivity index is 1.69. The van der Waals surface area contributed by atoms with Crippen molar-refractivity contribution in [2.75, 3.05) is 12.3 Å². The van der Waals surface area contributed by atoms with Crippen molar-refractivity contribution in [3.63, 3.8) is 0 Å². The van der Waals surface area contributed by atoms with Gasteiger partial charge in [-0.05, 0) is 25.5 Å². The quantitative estimate of drug-likeness (QED) is 0.899. The Morgan fingerprint density at radius 1 is 1.47 bits per heavy atom. The Kier molecular flexibility index (Phi) is 4.42. The van der Waals surface area contributed by atoms with Crippen LogP contribution in [-0.4, -0.2) is 26.6 Å². The first-order valence-corrected chi connectivity index (χ1v) is 8.71. The maximum Gasteiger partial charge on any atom is 0.220 e. The molecule has 0 saturated heterocycles. The van der Waals surface area contributed by atoms with Crippen LogP contribution in [0.1, 0.15) is 16.2 Å². The van der Waals surface area contributed by atoms with Crippen LogP contribution < -0.4 is 5.32 Å². The van der Waals surface area contributed by atoms with E-state index in [1.165, 1.54) is 15.2 Å². The normalized spacial score (nSPS) is 20.6. The summed E-state index contributed by atoms with van der Waals surface area (Å²) in [6, 6.07) is 4.13. The topological polar surface area (TPSA) is 63.2 Å². The van der Waals surface area contributed by atoms with Gasteiger partial charge >= 0.3 is 0 Å². The highest BCUT2D eigenvalue weighted by Gasteiger charge is 2.23. The standard InChI is InChI=1S/C13H17NO3S2/c1-10-2-3-12(18-10)4-6-14-13(15)8-11-5-7-19(16,17)9-11/h2-3,5,7,11H,4,6,8-9H2,1H3,(H,14,15)/t11-/m1/s1. The summed E-state index contributed by atoms with van der Waals surface area (Å²) in [6.07, 6.45) is 2.68. The maximum atomic E-state index is 11.7. The number of rotatable bonds is 5. The molecular formula is C13H17NO3S2. The Morgan fingerprint density at radius 2 is 2.26 bits per heavy atom. The van der Waals surface area contributed by atoms with E-state index in [0.717, 1.165) is 6.42 Å². The molecule has 1 atom stereocenters. The molecule has 19 heavy (non-hydrogen) atoms. The van der Waals surface area contributed by atoms with Gasteiger partial charge in [-0.15, -0.1) is 11.3 Å². The van der Waals surface area contributed by atoms with Crippen LogP contribution in [0.2, 0.25) is 0 Å². The van der Waals surface area contributed by atoms with E-state index in [1.54, 1.807) is 17.4 Å². The summed E-state index contributed by atoms with van der Waals surface area (Å²) in [5.74, 6) is -0.195. The van der Waals surface area contributed by atoms with Crippen molar-refractivity contribution < 1.29 is 13.2 Å². The SMILES string of the molecule is Cc1ccc(CCNC(=O)C[C@H]2C=CS(=O)(=O)C2)s1. The van der Waals surface area contributed by atoms with Gasteiger partial charge in [-0.2, -0.15) is 0 Å². The van der Waals surface area contributed by atoms with Crippen LogP contribution >= 0.6 is 11.3 Å². The number of aryl methyl sites for hydroxylation is 1. The smallest absolute Gasteiger partial charge is 0.220 e. The van der Waals surface area contributed by atoms with E-state index in [1.807, 2.05) is 0 Å². The number of nitrogens with one attached hydrogen (secondary N) is 1. The molecule has 0 spiro atoms. The summed E-state index contributed by atoms with van der Waals surface area (Å²) >= 11 is 1.73. The van der Waals surface area contributed by atoms with Crippen molar-refractivity contribution in [3.8, 4) is 0 Å². The predicted octanol–water partition coefficient (Wildman–Crippen LogP) is 1.66. The van der Waals surface area contributed by atoms with Gasteiger partial charge in [-0.3, -0.25) is 4.79 Å². The van der Waals surface area contributed by atoms with Gasteiger partial charge in [0.05, 0.1) is 5.75 Å². The minimum atomic E-state index is -3.06. The lowest BCUT2D eigenvalue weighted by Crippen LogP contribution is -2.27. The van der Waals surface area contributed by atoms with Crippen LogP contribution in [0.5, 0.6) is 0 Å². The van der Waals surface area contributed by atoms with E-state index in [-0.39, 0.29) is 24.0 Å². The summed E-state index contributed by atoms with van der Waals surface area (Å²) in [4.78, 5) is 14.2. The van der Waals surface area contributed by atoms with E-state index < -0.39 is 9.84 Å². The van der Waals surface area contributed by atoms with Crippen LogP contribution in [0.25, 0.3) is 0 Å². The molecule has 0 bridgehead atoms. The average Bonchev–Trinajstić information content (AvgIpc) is 2.85. The lowest BCUT2D eigenvalue weighted by Gasteiger charge is -2.07. The van der Waals surface area contributed by atoms with Crippen LogP contribution in [0, 0.1) is 12.8 Å². The largest absolute Gasteiger partial charge is 0.356 e. The zero-order valence-electron chi connectivity index (χ0n) is 10.8. The first kappa shape index (κ1) is 14.3. The second kappa shape index (κ2) is 5.88. The molecule has 0 aromatic carbocycles. The first-order valence-electron chi connectivity index (χ1n) is 6.17. The Hall–Kier alpha value is -1.14. The molecule has 1 aromatic heterocycles. The molecule has 0 aliphatic carbocycles. The summed E-state index contributed by atoms with van der Waals surface area (Å²) in [6.45, 7) is 2.65. The highest BCUT2D eigenvalue weighted by Crippen LogP contribution is 2.18. The maximum absolute atomic E-state index is 11.7. The fraction of sp³-hybridized carbons (Fsp3) is 0.462. The van der Waals surface area contributed by atoms with E-state index in [4.69, 9.17) is 0 Å². The van der Waals surface area contributed by atoms with Gasteiger partial charge in [-0.1, -0.05) is 6.08 Å². The lowest BCUT2D eigenvalue weighted by molar-refractivity contribution is -0.121. The molecule has 0 fully saturated rings. The molecule has 1 aliphatic rings. The molecule has 6 heteroatoms. The highest BCUT2D eigenvalue weighted by atomic mass is 32.2. The number of thiophene rings is 1. The van der Waals surface area contributed by atoms with Crippen LogP contribution in [0.15, 0.2) is 23.6 Å². The number of hydrogen-bond donors (Lipinski definition) is 1. The van der Waals surface area contributed by atoms with Crippen molar-refractivity contribution in [2.45, 2.75) is 19.8 Å². The molecule has 1 aromatic rings. The average molecular weight is 299 g/mol.